The number of carbonyl (C=O) groups is 4. The Balaban J connectivity index is 2.14. The molecule has 0 spiro atoms. The molecule has 376 valence electrons. The molecule has 2 fully saturated rings. The van der Waals surface area contributed by atoms with Crippen LogP contribution in [0.2, 0.25) is 0 Å². The highest BCUT2D eigenvalue weighted by Crippen LogP contribution is 2.42. The number of amides is 3. The number of hydrogen-bond acceptors (Lipinski definition) is 16. The van der Waals surface area contributed by atoms with Gasteiger partial charge in [0, 0.05) is 44.3 Å². The predicted molar refractivity (Wildman–Crippen MR) is 238 cm³/mol. The van der Waals surface area contributed by atoms with Gasteiger partial charge in [-0.25, -0.2) is 27.5 Å². The van der Waals surface area contributed by atoms with Crippen LogP contribution in [0.1, 0.15) is 129 Å². The molecule has 0 aromatic carbocycles. The molecule has 20 nitrogen and oxygen atoms in total. The van der Waals surface area contributed by atoms with Crippen LogP contribution in [-0.4, -0.2) is 156 Å². The summed E-state index contributed by atoms with van der Waals surface area (Å²) in [6, 6.07) is -3.82. The molecule has 11 atom stereocenters. The topological polar surface area (TPSA) is 267 Å². The molecule has 0 radical (unpaired) electrons. The standard InChI is InChI=1S/C44H78N4O16S/c1-16-26-19-17-25(18-20-29(49)61-40(2,3)4)33(59-26)30-27(46-38(53)63-42(8,9)10)23-28(47-65(56,57)22-21-45-37(52)62-41(5,6)7)34(31(30)50)60-36-32(51)35(44(14,55)24-58-36)48(15)39(54)64-43(11,12)13/h19,25,27-28,30-36,47,50-51,55H,16-18,20-24H2,1-15H3,(H,45,52)(H,46,53). The third-order valence-corrected chi connectivity index (χ3v) is 12.0. The number of ether oxygens (including phenoxy) is 7. The Morgan fingerprint density at radius 1 is 0.862 bits per heavy atom. The van der Waals surface area contributed by atoms with Gasteiger partial charge in [0.2, 0.25) is 10.0 Å². The maximum absolute atomic E-state index is 13.9. The van der Waals surface area contributed by atoms with E-state index in [0.717, 1.165) is 4.90 Å². The molecule has 2 heterocycles. The summed E-state index contributed by atoms with van der Waals surface area (Å²) in [6.07, 6.45) is -7.42. The minimum Gasteiger partial charge on any atom is -0.494 e. The van der Waals surface area contributed by atoms with Crippen molar-refractivity contribution >= 4 is 34.3 Å². The zero-order valence-corrected chi connectivity index (χ0v) is 41.8. The SMILES string of the molecule is CCC1=CCC(CCC(=O)OC(C)(C)C)C(C2C(NC(=O)OC(C)(C)C)CC(NS(=O)(=O)CCNC(=O)OC(C)(C)C)C(OC3OCC(C)(O)C(N(C)C(=O)OC(C)(C)C)C3O)C2O)O1. The molecule has 21 heteroatoms. The van der Waals surface area contributed by atoms with Crippen molar-refractivity contribution in [3.63, 3.8) is 0 Å². The second-order valence-electron chi connectivity index (χ2n) is 21.4. The minimum atomic E-state index is -4.34. The number of allylic oxidation sites excluding steroid dienone is 2. The highest BCUT2D eigenvalue weighted by molar-refractivity contribution is 7.89. The van der Waals surface area contributed by atoms with Gasteiger partial charge in [-0.15, -0.1) is 0 Å². The van der Waals surface area contributed by atoms with E-state index in [1.165, 1.54) is 14.0 Å². The van der Waals surface area contributed by atoms with Gasteiger partial charge in [-0.3, -0.25) is 4.79 Å². The fourth-order valence-corrected chi connectivity index (χ4v) is 9.31. The number of sulfonamides is 1. The molecule has 0 aromatic heterocycles. The molecular formula is C44H78N4O16S. The number of aliphatic hydroxyl groups is 3. The lowest BCUT2D eigenvalue weighted by Crippen LogP contribution is -2.70. The van der Waals surface area contributed by atoms with Crippen molar-refractivity contribution in [1.29, 1.82) is 0 Å². The molecule has 1 saturated carbocycles. The predicted octanol–water partition coefficient (Wildman–Crippen LogP) is 3.98. The lowest BCUT2D eigenvalue weighted by molar-refractivity contribution is -0.305. The normalized spacial score (nSPS) is 30.2. The number of aliphatic hydroxyl groups excluding tert-OH is 2. The minimum absolute atomic E-state index is 0.00164. The molecule has 0 aromatic rings. The summed E-state index contributed by atoms with van der Waals surface area (Å²) < 4.78 is 71.2. The van der Waals surface area contributed by atoms with E-state index < -0.39 is 135 Å². The highest BCUT2D eigenvalue weighted by atomic mass is 32.2. The maximum atomic E-state index is 13.9. The fourth-order valence-electron chi connectivity index (χ4n) is 8.13. The molecule has 2 aliphatic heterocycles. The molecule has 3 amide bonds. The van der Waals surface area contributed by atoms with Gasteiger partial charge in [0.15, 0.2) is 6.29 Å². The van der Waals surface area contributed by atoms with Crippen LogP contribution in [0.4, 0.5) is 14.4 Å². The van der Waals surface area contributed by atoms with Crippen molar-refractivity contribution in [3.8, 4) is 0 Å². The Bertz CT molecular complexity index is 1780. The molecule has 3 aliphatic rings. The molecule has 6 N–H and O–H groups in total. The third kappa shape index (κ3) is 17.6. The Hall–Kier alpha value is -3.47. The summed E-state index contributed by atoms with van der Waals surface area (Å²) >= 11 is 0. The van der Waals surface area contributed by atoms with E-state index in [0.29, 0.717) is 18.6 Å². The molecule has 65 heavy (non-hydrogen) atoms. The average Bonchev–Trinajstić information content (AvgIpc) is 3.09. The molecule has 3 rings (SSSR count). The summed E-state index contributed by atoms with van der Waals surface area (Å²) in [7, 11) is -3.01. The number of alkyl carbamates (subject to hydrolysis) is 2. The largest absolute Gasteiger partial charge is 0.494 e. The van der Waals surface area contributed by atoms with E-state index in [4.69, 9.17) is 33.2 Å². The van der Waals surface area contributed by atoms with Crippen molar-refractivity contribution in [2.45, 2.75) is 206 Å². The average molecular weight is 951 g/mol. The van der Waals surface area contributed by atoms with Crippen molar-refractivity contribution < 1.29 is 76.1 Å². The molecule has 0 bridgehead atoms. The van der Waals surface area contributed by atoms with Crippen LogP contribution < -0.4 is 15.4 Å². The lowest BCUT2D eigenvalue weighted by atomic mass is 9.70. The van der Waals surface area contributed by atoms with E-state index in [9.17, 15) is 42.9 Å². The van der Waals surface area contributed by atoms with Gasteiger partial charge in [-0.1, -0.05) is 6.92 Å². The number of rotatable bonds is 14. The van der Waals surface area contributed by atoms with E-state index in [1.807, 2.05) is 13.0 Å². The fraction of sp³-hybridized carbons (Fsp3) is 0.864. The van der Waals surface area contributed by atoms with Gasteiger partial charge in [-0.2, -0.15) is 0 Å². The van der Waals surface area contributed by atoms with Crippen LogP contribution >= 0.6 is 0 Å². The highest BCUT2D eigenvalue weighted by Gasteiger charge is 2.56. The smallest absolute Gasteiger partial charge is 0.410 e. The van der Waals surface area contributed by atoms with Crippen LogP contribution in [0.3, 0.4) is 0 Å². The summed E-state index contributed by atoms with van der Waals surface area (Å²) in [6.45, 7) is 22.6. The van der Waals surface area contributed by atoms with Crippen molar-refractivity contribution in [3.05, 3.63) is 11.8 Å². The van der Waals surface area contributed by atoms with E-state index >= 15 is 0 Å². The number of nitrogens with one attached hydrogen (secondary N) is 3. The second kappa shape index (κ2) is 21.7. The lowest BCUT2D eigenvalue weighted by Gasteiger charge is -2.52. The molecule has 1 aliphatic carbocycles. The third-order valence-electron chi connectivity index (χ3n) is 10.6. The van der Waals surface area contributed by atoms with Gasteiger partial charge in [0.25, 0.3) is 0 Å². The zero-order chi connectivity index (χ0) is 49.7. The maximum Gasteiger partial charge on any atom is 0.410 e. The summed E-state index contributed by atoms with van der Waals surface area (Å²) in [5.74, 6) is -2.02. The van der Waals surface area contributed by atoms with Crippen LogP contribution in [-0.2, 0) is 48.0 Å². The Morgan fingerprint density at radius 3 is 1.98 bits per heavy atom. The van der Waals surface area contributed by atoms with Crippen LogP contribution in [0.5, 0.6) is 0 Å². The Morgan fingerprint density at radius 2 is 1.43 bits per heavy atom. The van der Waals surface area contributed by atoms with Gasteiger partial charge < -0.3 is 64.0 Å². The monoisotopic (exact) mass is 951 g/mol. The first kappa shape index (κ1) is 55.9. The first-order chi connectivity index (χ1) is 29.5. The molecule has 11 unspecified atom stereocenters. The quantitative estimate of drug-likeness (QED) is 0.106. The number of esters is 1. The van der Waals surface area contributed by atoms with E-state index in [2.05, 4.69) is 15.4 Å². The zero-order valence-electron chi connectivity index (χ0n) is 41.0. The second-order valence-corrected chi connectivity index (χ2v) is 23.3. The Kier molecular flexibility index (Phi) is 18.6. The number of likely N-dealkylation sites (N-methyl/N-ethyl adjacent to an activating group) is 1. The first-order valence-electron chi connectivity index (χ1n) is 22.4. The van der Waals surface area contributed by atoms with Crippen LogP contribution in [0, 0.1) is 11.8 Å². The number of carbonyl (C=O) groups excluding carboxylic acids is 4. The van der Waals surface area contributed by atoms with E-state index in [-0.39, 0.29) is 25.8 Å². The van der Waals surface area contributed by atoms with Crippen LogP contribution in [0.25, 0.3) is 0 Å². The van der Waals surface area contributed by atoms with Gasteiger partial charge in [0.1, 0.15) is 46.3 Å². The summed E-state index contributed by atoms with van der Waals surface area (Å²) in [5.41, 5.74) is -5.31. The molecular weight excluding hydrogens is 873 g/mol. The van der Waals surface area contributed by atoms with Crippen molar-refractivity contribution in [2.75, 3.05) is 26.0 Å². The molecule has 1 saturated heterocycles. The van der Waals surface area contributed by atoms with E-state index in [1.54, 1.807) is 83.1 Å². The number of nitrogens with zero attached hydrogens (tertiary/aromatic N) is 1. The van der Waals surface area contributed by atoms with Crippen molar-refractivity contribution in [1.82, 2.24) is 20.3 Å². The van der Waals surface area contributed by atoms with Gasteiger partial charge in [0.05, 0.1) is 36.3 Å². The Labute approximate surface area is 385 Å². The van der Waals surface area contributed by atoms with Crippen molar-refractivity contribution in [2.24, 2.45) is 11.8 Å². The summed E-state index contributed by atoms with van der Waals surface area (Å²) in [4.78, 5) is 53.3. The van der Waals surface area contributed by atoms with Gasteiger partial charge in [-0.05, 0) is 115 Å². The first-order valence-corrected chi connectivity index (χ1v) is 24.0. The van der Waals surface area contributed by atoms with Crippen LogP contribution in [0.15, 0.2) is 11.8 Å². The van der Waals surface area contributed by atoms with Gasteiger partial charge >= 0.3 is 24.2 Å². The summed E-state index contributed by atoms with van der Waals surface area (Å²) in [5, 5.41) is 41.4. The number of hydrogen-bond donors (Lipinski definition) is 6.